The summed E-state index contributed by atoms with van der Waals surface area (Å²) in [7, 11) is 0. The van der Waals surface area contributed by atoms with Crippen LogP contribution in [-0.2, 0) is 5.60 Å². The van der Waals surface area contributed by atoms with Crippen LogP contribution in [0.4, 0.5) is 0 Å². The van der Waals surface area contributed by atoms with Crippen molar-refractivity contribution in [1.82, 2.24) is 4.90 Å². The van der Waals surface area contributed by atoms with Gasteiger partial charge < -0.3 is 5.11 Å². The fourth-order valence-corrected chi connectivity index (χ4v) is 2.30. The Labute approximate surface area is 110 Å². The summed E-state index contributed by atoms with van der Waals surface area (Å²) in [6, 6.07) is 9.84. The maximum atomic E-state index is 10.4. The van der Waals surface area contributed by atoms with Crippen molar-refractivity contribution >= 4 is 0 Å². The van der Waals surface area contributed by atoms with Crippen molar-refractivity contribution in [3.63, 3.8) is 0 Å². The van der Waals surface area contributed by atoms with E-state index in [2.05, 4.69) is 23.7 Å². The Bertz CT molecular complexity index is 435. The number of benzene rings is 1. The topological polar surface area (TPSA) is 23.5 Å². The van der Waals surface area contributed by atoms with Crippen LogP contribution in [-0.4, -0.2) is 29.1 Å². The van der Waals surface area contributed by atoms with Crippen molar-refractivity contribution in [2.24, 2.45) is 0 Å². The molecule has 0 aliphatic carbocycles. The second-order valence-electron chi connectivity index (χ2n) is 5.13. The molecule has 1 aromatic rings. The van der Waals surface area contributed by atoms with Crippen LogP contribution in [0.5, 0.6) is 0 Å². The minimum absolute atomic E-state index is 0.225. The fraction of sp³-hybridized carbons (Fsp3) is 0.500. The molecule has 0 spiro atoms. The number of nitrogens with zero attached hydrogens (tertiary/aromatic N) is 1. The lowest BCUT2D eigenvalue weighted by Gasteiger charge is -2.20. The molecular formula is C16H21NO. The van der Waals surface area contributed by atoms with Crippen LogP contribution in [0.3, 0.4) is 0 Å². The molecule has 1 aromatic carbocycles. The number of aliphatic hydroxyl groups is 1. The molecule has 96 valence electrons. The van der Waals surface area contributed by atoms with E-state index in [1.807, 2.05) is 30.3 Å². The van der Waals surface area contributed by atoms with Crippen molar-refractivity contribution in [2.45, 2.75) is 38.3 Å². The quantitative estimate of drug-likeness (QED) is 0.806. The molecule has 0 radical (unpaired) electrons. The Morgan fingerprint density at radius 2 is 1.83 bits per heavy atom. The molecule has 2 nitrogen and oxygen atoms in total. The summed E-state index contributed by atoms with van der Waals surface area (Å²) < 4.78 is 0. The molecule has 0 amide bonds. The summed E-state index contributed by atoms with van der Waals surface area (Å²) in [6.07, 6.45) is 2.53. The van der Waals surface area contributed by atoms with Crippen molar-refractivity contribution in [2.75, 3.05) is 13.1 Å². The van der Waals surface area contributed by atoms with Crippen molar-refractivity contribution in [3.8, 4) is 11.8 Å². The zero-order valence-corrected chi connectivity index (χ0v) is 11.2. The molecular weight excluding hydrogens is 222 g/mol. The van der Waals surface area contributed by atoms with Gasteiger partial charge in [0.1, 0.15) is 5.60 Å². The zero-order valence-electron chi connectivity index (χ0n) is 11.2. The molecule has 1 fully saturated rings. The Morgan fingerprint density at radius 3 is 2.44 bits per heavy atom. The van der Waals surface area contributed by atoms with Crippen LogP contribution in [0.15, 0.2) is 30.3 Å². The van der Waals surface area contributed by atoms with Crippen molar-refractivity contribution < 1.29 is 5.11 Å². The van der Waals surface area contributed by atoms with Gasteiger partial charge >= 0.3 is 0 Å². The van der Waals surface area contributed by atoms with Crippen LogP contribution < -0.4 is 0 Å². The summed E-state index contributed by atoms with van der Waals surface area (Å²) in [4.78, 5) is 2.37. The molecule has 1 saturated heterocycles. The van der Waals surface area contributed by atoms with E-state index in [0.717, 1.165) is 18.7 Å². The molecule has 2 heteroatoms. The average Bonchev–Trinajstić information content (AvgIpc) is 2.91. The molecule has 1 aliphatic heterocycles. The standard InChI is InChI=1S/C16H21NO/c1-14(17-12-6-7-13-17)10-11-16(2,18)15-8-4-3-5-9-15/h3-5,8-9,14,18H,6-7,12-13H2,1-2H3. The lowest BCUT2D eigenvalue weighted by molar-refractivity contribution is 0.121. The zero-order chi connectivity index (χ0) is 13.0. The largest absolute Gasteiger partial charge is 0.374 e. The Kier molecular flexibility index (Phi) is 4.06. The highest BCUT2D eigenvalue weighted by Crippen LogP contribution is 2.19. The van der Waals surface area contributed by atoms with Crippen molar-refractivity contribution in [1.29, 1.82) is 0 Å². The Morgan fingerprint density at radius 1 is 1.22 bits per heavy atom. The van der Waals surface area contributed by atoms with Gasteiger partial charge in [0.15, 0.2) is 0 Å². The first-order valence-corrected chi connectivity index (χ1v) is 6.64. The van der Waals surface area contributed by atoms with E-state index < -0.39 is 5.60 Å². The van der Waals surface area contributed by atoms with Gasteiger partial charge in [-0.1, -0.05) is 42.2 Å². The third-order valence-corrected chi connectivity index (χ3v) is 3.55. The fourth-order valence-electron chi connectivity index (χ4n) is 2.30. The number of hydrogen-bond acceptors (Lipinski definition) is 2. The van der Waals surface area contributed by atoms with Crippen molar-refractivity contribution in [3.05, 3.63) is 35.9 Å². The molecule has 0 aromatic heterocycles. The summed E-state index contributed by atoms with van der Waals surface area (Å²) >= 11 is 0. The predicted molar refractivity (Wildman–Crippen MR) is 74.1 cm³/mol. The molecule has 0 saturated carbocycles. The SMILES string of the molecule is CC(C#CC(C)(O)c1ccccc1)N1CCCC1. The minimum atomic E-state index is -1.06. The van der Waals surface area contributed by atoms with Gasteiger partial charge in [-0.2, -0.15) is 0 Å². The van der Waals surface area contributed by atoms with E-state index >= 15 is 0 Å². The Balaban J connectivity index is 2.08. The van der Waals surface area contributed by atoms with Gasteiger partial charge in [-0.05, 0) is 45.3 Å². The van der Waals surface area contributed by atoms with E-state index in [4.69, 9.17) is 0 Å². The van der Waals surface area contributed by atoms with E-state index in [1.165, 1.54) is 12.8 Å². The van der Waals surface area contributed by atoms with E-state index in [1.54, 1.807) is 6.92 Å². The molecule has 2 unspecified atom stereocenters. The highest BCUT2D eigenvalue weighted by molar-refractivity contribution is 5.31. The first-order valence-electron chi connectivity index (χ1n) is 6.64. The maximum Gasteiger partial charge on any atom is 0.148 e. The van der Waals surface area contributed by atoms with Gasteiger partial charge in [0, 0.05) is 0 Å². The molecule has 1 N–H and O–H groups in total. The summed E-state index contributed by atoms with van der Waals surface area (Å²) in [5, 5.41) is 10.4. The first-order chi connectivity index (χ1) is 8.59. The van der Waals surface area contributed by atoms with Crippen LogP contribution >= 0.6 is 0 Å². The summed E-state index contributed by atoms with van der Waals surface area (Å²) in [5.41, 5.74) is -0.207. The predicted octanol–water partition coefficient (Wildman–Crippen LogP) is 2.38. The lowest BCUT2D eigenvalue weighted by Crippen LogP contribution is -2.29. The third-order valence-electron chi connectivity index (χ3n) is 3.55. The monoisotopic (exact) mass is 243 g/mol. The normalized spacial score (nSPS) is 20.8. The van der Waals surface area contributed by atoms with Gasteiger partial charge in [-0.3, -0.25) is 4.90 Å². The second-order valence-corrected chi connectivity index (χ2v) is 5.13. The smallest absolute Gasteiger partial charge is 0.148 e. The van der Waals surface area contributed by atoms with Crippen LogP contribution in [0.25, 0.3) is 0 Å². The Hall–Kier alpha value is -1.30. The van der Waals surface area contributed by atoms with Crippen LogP contribution in [0.1, 0.15) is 32.3 Å². The van der Waals surface area contributed by atoms with Gasteiger partial charge in [-0.25, -0.2) is 0 Å². The molecule has 18 heavy (non-hydrogen) atoms. The highest BCUT2D eigenvalue weighted by Gasteiger charge is 2.21. The average molecular weight is 243 g/mol. The molecule has 1 aliphatic rings. The lowest BCUT2D eigenvalue weighted by atomic mass is 9.96. The molecule has 2 rings (SSSR count). The van der Waals surface area contributed by atoms with E-state index in [-0.39, 0.29) is 6.04 Å². The van der Waals surface area contributed by atoms with Crippen LogP contribution in [0, 0.1) is 11.8 Å². The maximum absolute atomic E-state index is 10.4. The second kappa shape index (κ2) is 5.56. The highest BCUT2D eigenvalue weighted by atomic mass is 16.3. The minimum Gasteiger partial charge on any atom is -0.374 e. The number of rotatable bonds is 2. The summed E-state index contributed by atoms with van der Waals surface area (Å²) in [6.45, 7) is 6.12. The van der Waals surface area contributed by atoms with E-state index in [0.29, 0.717) is 0 Å². The van der Waals surface area contributed by atoms with Crippen LogP contribution in [0.2, 0.25) is 0 Å². The third kappa shape index (κ3) is 3.13. The number of likely N-dealkylation sites (tertiary alicyclic amines) is 1. The van der Waals surface area contributed by atoms with Gasteiger partial charge in [0.2, 0.25) is 0 Å². The van der Waals surface area contributed by atoms with Gasteiger partial charge in [0.05, 0.1) is 6.04 Å². The first kappa shape index (κ1) is 13.1. The summed E-state index contributed by atoms with van der Waals surface area (Å²) in [5.74, 6) is 6.21. The van der Waals surface area contributed by atoms with Gasteiger partial charge in [-0.15, -0.1) is 0 Å². The van der Waals surface area contributed by atoms with Gasteiger partial charge in [0.25, 0.3) is 0 Å². The van der Waals surface area contributed by atoms with E-state index in [9.17, 15) is 5.11 Å². The molecule has 2 atom stereocenters. The number of hydrogen-bond donors (Lipinski definition) is 1. The molecule has 1 heterocycles. The molecule has 0 bridgehead atoms.